The van der Waals surface area contributed by atoms with Gasteiger partial charge in [-0.25, -0.2) is 0 Å². The van der Waals surface area contributed by atoms with Crippen LogP contribution in [0.4, 0.5) is 5.69 Å². The van der Waals surface area contributed by atoms with Crippen LogP contribution in [0.3, 0.4) is 0 Å². The molecule has 0 unspecified atom stereocenters. The van der Waals surface area contributed by atoms with Crippen molar-refractivity contribution in [1.29, 1.82) is 0 Å². The van der Waals surface area contributed by atoms with Crippen molar-refractivity contribution in [3.05, 3.63) is 69.5 Å². The van der Waals surface area contributed by atoms with Crippen LogP contribution in [0.2, 0.25) is 10.0 Å². The van der Waals surface area contributed by atoms with E-state index in [9.17, 15) is 9.59 Å². The molecule has 0 aliphatic rings. The van der Waals surface area contributed by atoms with Gasteiger partial charge in [0.25, 0.3) is 5.91 Å². The van der Waals surface area contributed by atoms with Crippen molar-refractivity contribution >= 4 is 52.5 Å². The van der Waals surface area contributed by atoms with E-state index in [0.717, 1.165) is 11.3 Å². The van der Waals surface area contributed by atoms with Crippen molar-refractivity contribution in [3.63, 3.8) is 0 Å². The Morgan fingerprint density at radius 3 is 2.61 bits per heavy atom. The predicted molar refractivity (Wildman–Crippen MR) is 124 cm³/mol. The Hall–Kier alpha value is -2.55. The van der Waals surface area contributed by atoms with Crippen LogP contribution in [0.25, 0.3) is 0 Å². The van der Waals surface area contributed by atoms with Gasteiger partial charge < -0.3 is 15.2 Å². The monoisotopic (exact) mass is 477 g/mol. The van der Waals surface area contributed by atoms with Crippen LogP contribution >= 0.6 is 35.0 Å². The number of amides is 2. The number of nitrogens with one attached hydrogen (secondary N) is 2. The maximum atomic E-state index is 12.4. The maximum absolute atomic E-state index is 12.4. The first-order chi connectivity index (χ1) is 14.9. The van der Waals surface area contributed by atoms with Crippen LogP contribution in [0, 0.1) is 6.92 Å². The van der Waals surface area contributed by atoms with Gasteiger partial charge in [-0.1, -0.05) is 47.1 Å². The number of halogens is 2. The number of aromatic nitrogens is 3. The van der Waals surface area contributed by atoms with E-state index in [0.29, 0.717) is 33.1 Å². The first-order valence-electron chi connectivity index (χ1n) is 9.52. The number of nitrogens with zero attached hydrogens (tertiary/aromatic N) is 3. The summed E-state index contributed by atoms with van der Waals surface area (Å²) in [6, 6.07) is 12.1. The maximum Gasteiger partial charge on any atom is 0.253 e. The lowest BCUT2D eigenvalue weighted by atomic mass is 10.2. The van der Waals surface area contributed by atoms with Gasteiger partial charge in [-0.15, -0.1) is 10.2 Å². The highest BCUT2D eigenvalue weighted by Gasteiger charge is 2.16. The van der Waals surface area contributed by atoms with Crippen molar-refractivity contribution in [3.8, 4) is 0 Å². The zero-order chi connectivity index (χ0) is 22.4. The third-order valence-electron chi connectivity index (χ3n) is 4.43. The SMILES string of the molecule is CCn1c(CNC(=O)c2ccccc2Cl)nnc1SCC(=O)Nc1ccc(Cl)cc1C. The number of carbonyl (C=O) groups is 2. The largest absolute Gasteiger partial charge is 0.345 e. The molecular formula is C21H21Cl2N5O2S. The van der Waals surface area contributed by atoms with Crippen LogP contribution in [0.1, 0.15) is 28.7 Å². The van der Waals surface area contributed by atoms with Crippen LogP contribution in [0.15, 0.2) is 47.6 Å². The highest BCUT2D eigenvalue weighted by Crippen LogP contribution is 2.21. The molecule has 1 heterocycles. The summed E-state index contributed by atoms with van der Waals surface area (Å²) in [6.45, 7) is 4.63. The van der Waals surface area contributed by atoms with Crippen LogP contribution in [0.5, 0.6) is 0 Å². The second-order valence-corrected chi connectivity index (χ2v) is 8.39. The Labute approximate surface area is 194 Å². The molecule has 0 atom stereocenters. The lowest BCUT2D eigenvalue weighted by Crippen LogP contribution is -2.25. The van der Waals surface area contributed by atoms with Crippen molar-refractivity contribution in [2.24, 2.45) is 0 Å². The fourth-order valence-corrected chi connectivity index (χ4v) is 4.13. The van der Waals surface area contributed by atoms with Crippen LogP contribution in [-0.2, 0) is 17.9 Å². The lowest BCUT2D eigenvalue weighted by molar-refractivity contribution is -0.113. The molecule has 3 rings (SSSR count). The summed E-state index contributed by atoms with van der Waals surface area (Å²) < 4.78 is 1.86. The second-order valence-electron chi connectivity index (χ2n) is 6.60. The van der Waals surface area contributed by atoms with Gasteiger partial charge >= 0.3 is 0 Å². The zero-order valence-electron chi connectivity index (χ0n) is 17.0. The average molecular weight is 478 g/mol. The van der Waals surface area contributed by atoms with E-state index in [2.05, 4.69) is 20.8 Å². The Morgan fingerprint density at radius 1 is 1.13 bits per heavy atom. The molecule has 3 aromatic rings. The number of anilines is 1. The van der Waals surface area contributed by atoms with E-state index in [1.165, 1.54) is 11.8 Å². The summed E-state index contributed by atoms with van der Waals surface area (Å²) in [5.41, 5.74) is 2.00. The molecule has 2 N–H and O–H groups in total. The summed E-state index contributed by atoms with van der Waals surface area (Å²) in [5.74, 6) is 0.323. The number of hydrogen-bond donors (Lipinski definition) is 2. The van der Waals surface area contributed by atoms with Gasteiger partial charge in [-0.05, 0) is 49.7 Å². The summed E-state index contributed by atoms with van der Waals surface area (Å²) in [7, 11) is 0. The molecule has 0 bridgehead atoms. The Kier molecular flexibility index (Phi) is 7.95. The zero-order valence-corrected chi connectivity index (χ0v) is 19.3. The molecule has 0 aliphatic carbocycles. The summed E-state index contributed by atoms with van der Waals surface area (Å²) in [6.07, 6.45) is 0. The van der Waals surface area contributed by atoms with Gasteiger partial charge in [0.05, 0.1) is 22.9 Å². The molecule has 0 saturated carbocycles. The van der Waals surface area contributed by atoms with Crippen molar-refractivity contribution < 1.29 is 9.59 Å². The molecule has 0 radical (unpaired) electrons. The van der Waals surface area contributed by atoms with Gasteiger partial charge in [0, 0.05) is 17.3 Å². The molecule has 0 aliphatic heterocycles. The van der Waals surface area contributed by atoms with Gasteiger partial charge in [0.15, 0.2) is 11.0 Å². The van der Waals surface area contributed by atoms with Gasteiger partial charge in [-0.2, -0.15) is 0 Å². The minimum atomic E-state index is -0.289. The second kappa shape index (κ2) is 10.7. The molecule has 31 heavy (non-hydrogen) atoms. The number of aryl methyl sites for hydroxylation is 1. The Bertz CT molecular complexity index is 1100. The molecule has 1 aromatic heterocycles. The minimum absolute atomic E-state index is 0.158. The fourth-order valence-electron chi connectivity index (χ4n) is 2.86. The third kappa shape index (κ3) is 6.00. The Balaban J connectivity index is 1.58. The van der Waals surface area contributed by atoms with E-state index < -0.39 is 0 Å². The number of rotatable bonds is 8. The van der Waals surface area contributed by atoms with Crippen molar-refractivity contribution in [1.82, 2.24) is 20.1 Å². The van der Waals surface area contributed by atoms with E-state index in [1.807, 2.05) is 18.4 Å². The molecule has 10 heteroatoms. The van der Waals surface area contributed by atoms with E-state index in [-0.39, 0.29) is 24.1 Å². The molecule has 2 amide bonds. The first-order valence-corrected chi connectivity index (χ1v) is 11.3. The van der Waals surface area contributed by atoms with E-state index in [1.54, 1.807) is 42.5 Å². The molecule has 0 fully saturated rings. The van der Waals surface area contributed by atoms with E-state index >= 15 is 0 Å². The van der Waals surface area contributed by atoms with Gasteiger partial charge in [0.1, 0.15) is 0 Å². The molecule has 0 saturated heterocycles. The molecule has 2 aromatic carbocycles. The minimum Gasteiger partial charge on any atom is -0.345 e. The molecule has 0 spiro atoms. The van der Waals surface area contributed by atoms with Gasteiger partial charge in [0.2, 0.25) is 5.91 Å². The van der Waals surface area contributed by atoms with E-state index in [4.69, 9.17) is 23.2 Å². The first kappa shape index (κ1) is 23.1. The summed E-state index contributed by atoms with van der Waals surface area (Å²) >= 11 is 13.3. The lowest BCUT2D eigenvalue weighted by Gasteiger charge is -2.10. The summed E-state index contributed by atoms with van der Waals surface area (Å²) in [4.78, 5) is 24.7. The number of thioether (sulfide) groups is 1. The standard InChI is InChI=1S/C21H21Cl2N5O2S/c1-3-28-18(11-24-20(30)15-6-4-5-7-16(15)23)26-27-21(28)31-12-19(29)25-17-9-8-14(22)10-13(17)2/h4-10H,3,11-12H2,1-2H3,(H,24,30)(H,25,29). The summed E-state index contributed by atoms with van der Waals surface area (Å²) in [5, 5.41) is 15.6. The smallest absolute Gasteiger partial charge is 0.253 e. The fraction of sp³-hybridized carbons (Fsp3) is 0.238. The number of carbonyl (C=O) groups excluding carboxylic acids is 2. The van der Waals surface area contributed by atoms with Gasteiger partial charge in [-0.3, -0.25) is 9.59 Å². The highest BCUT2D eigenvalue weighted by atomic mass is 35.5. The average Bonchev–Trinajstić information content (AvgIpc) is 3.14. The van der Waals surface area contributed by atoms with Crippen LogP contribution in [-0.4, -0.2) is 32.3 Å². The topological polar surface area (TPSA) is 88.9 Å². The quantitative estimate of drug-likeness (QED) is 0.463. The molecule has 7 nitrogen and oxygen atoms in total. The highest BCUT2D eigenvalue weighted by molar-refractivity contribution is 7.99. The molecule has 162 valence electrons. The third-order valence-corrected chi connectivity index (χ3v) is 5.96. The number of benzene rings is 2. The van der Waals surface area contributed by atoms with Crippen molar-refractivity contribution in [2.45, 2.75) is 32.1 Å². The van der Waals surface area contributed by atoms with Crippen LogP contribution < -0.4 is 10.6 Å². The predicted octanol–water partition coefficient (Wildman–Crippen LogP) is 4.57. The van der Waals surface area contributed by atoms with Crippen molar-refractivity contribution in [2.75, 3.05) is 11.1 Å². The molecular weight excluding hydrogens is 457 g/mol. The Morgan fingerprint density at radius 2 is 1.90 bits per heavy atom. The normalized spacial score (nSPS) is 10.7. The number of hydrogen-bond acceptors (Lipinski definition) is 5.